The number of ether oxygens (including phenoxy) is 4. The number of halogens is 1. The highest BCUT2D eigenvalue weighted by atomic mass is 19.1. The molecule has 0 fully saturated rings. The van der Waals surface area contributed by atoms with Gasteiger partial charge < -0.3 is 24.7 Å². The molecular weight excluding hydrogens is 277 g/mol. The van der Waals surface area contributed by atoms with Gasteiger partial charge in [0.05, 0.1) is 12.3 Å². The van der Waals surface area contributed by atoms with Gasteiger partial charge in [0.2, 0.25) is 6.79 Å². The molecule has 2 N–H and O–H groups in total. The molecule has 1 aliphatic heterocycles. The summed E-state index contributed by atoms with van der Waals surface area (Å²) in [5, 5.41) is 0. The van der Waals surface area contributed by atoms with Crippen LogP contribution in [0.25, 0.3) is 0 Å². The van der Waals surface area contributed by atoms with Crippen molar-refractivity contribution in [1.29, 1.82) is 0 Å². The van der Waals surface area contributed by atoms with Gasteiger partial charge in [0.1, 0.15) is 5.75 Å². The van der Waals surface area contributed by atoms with E-state index in [0.29, 0.717) is 29.6 Å². The van der Waals surface area contributed by atoms with Gasteiger partial charge >= 0.3 is 0 Å². The molecule has 3 rings (SSSR count). The Labute approximate surface area is 121 Å². The largest absolute Gasteiger partial charge is 0.491 e. The van der Waals surface area contributed by atoms with Crippen molar-refractivity contribution in [1.82, 2.24) is 0 Å². The number of hydrogen-bond donors (Lipinski definition) is 1. The number of anilines is 1. The molecule has 0 aliphatic carbocycles. The first-order valence-corrected chi connectivity index (χ1v) is 6.46. The number of nitrogens with two attached hydrogens (primary N) is 1. The van der Waals surface area contributed by atoms with E-state index in [0.717, 1.165) is 0 Å². The molecule has 0 bridgehead atoms. The summed E-state index contributed by atoms with van der Waals surface area (Å²) in [6.45, 7) is 2.31. The molecule has 0 radical (unpaired) electrons. The molecule has 0 saturated carbocycles. The van der Waals surface area contributed by atoms with Gasteiger partial charge in [0.15, 0.2) is 28.8 Å². The zero-order valence-corrected chi connectivity index (χ0v) is 11.4. The van der Waals surface area contributed by atoms with E-state index in [4.69, 9.17) is 24.7 Å². The number of rotatable bonds is 4. The van der Waals surface area contributed by atoms with E-state index in [-0.39, 0.29) is 18.2 Å². The number of nitrogen functional groups attached to an aromatic ring is 1. The average molecular weight is 291 g/mol. The first-order chi connectivity index (χ1) is 10.2. The lowest BCUT2D eigenvalue weighted by atomic mass is 10.2. The molecule has 5 nitrogen and oxygen atoms in total. The van der Waals surface area contributed by atoms with Gasteiger partial charge in [-0.1, -0.05) is 0 Å². The maximum Gasteiger partial charge on any atom is 0.231 e. The second kappa shape index (κ2) is 5.40. The Kier molecular flexibility index (Phi) is 3.43. The van der Waals surface area contributed by atoms with Gasteiger partial charge in [-0.2, -0.15) is 0 Å². The molecule has 0 aromatic heterocycles. The van der Waals surface area contributed by atoms with Crippen LogP contribution >= 0.6 is 0 Å². The summed E-state index contributed by atoms with van der Waals surface area (Å²) in [5.74, 6) is 1.66. The molecule has 0 amide bonds. The van der Waals surface area contributed by atoms with Crippen LogP contribution in [0, 0.1) is 5.82 Å². The molecule has 110 valence electrons. The zero-order chi connectivity index (χ0) is 14.8. The lowest BCUT2D eigenvalue weighted by Crippen LogP contribution is -1.99. The maximum atomic E-state index is 13.6. The Morgan fingerprint density at radius 2 is 1.95 bits per heavy atom. The third kappa shape index (κ3) is 2.65. The van der Waals surface area contributed by atoms with Crippen molar-refractivity contribution >= 4 is 5.69 Å². The highest BCUT2D eigenvalue weighted by Gasteiger charge is 2.15. The van der Waals surface area contributed by atoms with Crippen molar-refractivity contribution in [2.24, 2.45) is 0 Å². The third-order valence-corrected chi connectivity index (χ3v) is 2.94. The van der Waals surface area contributed by atoms with Crippen LogP contribution in [-0.2, 0) is 0 Å². The van der Waals surface area contributed by atoms with Crippen LogP contribution in [0.4, 0.5) is 10.1 Å². The van der Waals surface area contributed by atoms with Crippen LogP contribution in [0.15, 0.2) is 30.3 Å². The zero-order valence-electron chi connectivity index (χ0n) is 11.4. The van der Waals surface area contributed by atoms with Gasteiger partial charge in [-0.15, -0.1) is 0 Å². The van der Waals surface area contributed by atoms with Gasteiger partial charge in [-0.25, -0.2) is 4.39 Å². The topological polar surface area (TPSA) is 62.9 Å². The summed E-state index contributed by atoms with van der Waals surface area (Å²) in [6.07, 6.45) is 0. The SMILES string of the molecule is CCOc1cc(Oc2ccc3c(c2)OCO3)c(N)cc1F. The second-order valence-electron chi connectivity index (χ2n) is 4.37. The summed E-state index contributed by atoms with van der Waals surface area (Å²) < 4.78 is 35.0. The molecule has 6 heteroatoms. The highest BCUT2D eigenvalue weighted by molar-refractivity contribution is 5.58. The molecule has 0 atom stereocenters. The van der Waals surface area contributed by atoms with E-state index in [9.17, 15) is 4.39 Å². The van der Waals surface area contributed by atoms with Crippen LogP contribution < -0.4 is 24.7 Å². The van der Waals surface area contributed by atoms with E-state index in [1.165, 1.54) is 12.1 Å². The maximum absolute atomic E-state index is 13.6. The van der Waals surface area contributed by atoms with E-state index in [1.54, 1.807) is 25.1 Å². The molecule has 0 unspecified atom stereocenters. The van der Waals surface area contributed by atoms with E-state index < -0.39 is 5.82 Å². The summed E-state index contributed by atoms with van der Waals surface area (Å²) in [5.41, 5.74) is 5.96. The van der Waals surface area contributed by atoms with E-state index in [1.807, 2.05) is 0 Å². The minimum atomic E-state index is -0.521. The smallest absolute Gasteiger partial charge is 0.231 e. The second-order valence-corrected chi connectivity index (χ2v) is 4.37. The fraction of sp³-hybridized carbons (Fsp3) is 0.200. The van der Waals surface area contributed by atoms with Crippen LogP contribution in [0.5, 0.6) is 28.7 Å². The summed E-state index contributed by atoms with van der Waals surface area (Å²) in [7, 11) is 0. The molecule has 1 aliphatic rings. The molecule has 21 heavy (non-hydrogen) atoms. The monoisotopic (exact) mass is 291 g/mol. The number of fused-ring (bicyclic) bond motifs is 1. The van der Waals surface area contributed by atoms with Crippen molar-refractivity contribution < 1.29 is 23.3 Å². The fourth-order valence-corrected chi connectivity index (χ4v) is 1.97. The van der Waals surface area contributed by atoms with Crippen molar-refractivity contribution in [2.75, 3.05) is 19.1 Å². The number of hydrogen-bond acceptors (Lipinski definition) is 5. The summed E-state index contributed by atoms with van der Waals surface area (Å²) in [4.78, 5) is 0. The van der Waals surface area contributed by atoms with Crippen LogP contribution in [0.3, 0.4) is 0 Å². The van der Waals surface area contributed by atoms with Crippen molar-refractivity contribution in [3.05, 3.63) is 36.1 Å². The molecule has 1 heterocycles. The highest BCUT2D eigenvalue weighted by Crippen LogP contribution is 2.39. The Morgan fingerprint density at radius 1 is 1.14 bits per heavy atom. The minimum Gasteiger partial charge on any atom is -0.491 e. The fourth-order valence-electron chi connectivity index (χ4n) is 1.97. The minimum absolute atomic E-state index is 0.0995. The third-order valence-electron chi connectivity index (χ3n) is 2.94. The molecule has 0 saturated heterocycles. The van der Waals surface area contributed by atoms with Crippen molar-refractivity contribution in [2.45, 2.75) is 6.92 Å². The molecule has 0 spiro atoms. The first kappa shape index (κ1) is 13.4. The Morgan fingerprint density at radius 3 is 2.76 bits per heavy atom. The van der Waals surface area contributed by atoms with Gasteiger partial charge in [0, 0.05) is 18.2 Å². The van der Waals surface area contributed by atoms with E-state index in [2.05, 4.69) is 0 Å². The quantitative estimate of drug-likeness (QED) is 0.875. The van der Waals surface area contributed by atoms with Crippen molar-refractivity contribution in [3.8, 4) is 28.7 Å². The first-order valence-electron chi connectivity index (χ1n) is 6.46. The summed E-state index contributed by atoms with van der Waals surface area (Å²) in [6, 6.07) is 7.75. The summed E-state index contributed by atoms with van der Waals surface area (Å²) >= 11 is 0. The predicted molar refractivity (Wildman–Crippen MR) is 74.6 cm³/mol. The Hall–Kier alpha value is -2.63. The standard InChI is InChI=1S/C15H14FNO4/c1-2-18-13-7-14(11(17)6-10(13)16)21-9-3-4-12-15(5-9)20-8-19-12/h3-7H,2,8,17H2,1H3. The van der Waals surface area contributed by atoms with Gasteiger partial charge in [-0.3, -0.25) is 0 Å². The van der Waals surface area contributed by atoms with Gasteiger partial charge in [0.25, 0.3) is 0 Å². The normalized spacial score (nSPS) is 12.3. The lowest BCUT2D eigenvalue weighted by molar-refractivity contribution is 0.174. The van der Waals surface area contributed by atoms with E-state index >= 15 is 0 Å². The number of benzene rings is 2. The van der Waals surface area contributed by atoms with Crippen LogP contribution in [0.2, 0.25) is 0 Å². The van der Waals surface area contributed by atoms with Gasteiger partial charge in [-0.05, 0) is 19.1 Å². The van der Waals surface area contributed by atoms with Crippen LogP contribution in [-0.4, -0.2) is 13.4 Å². The predicted octanol–water partition coefficient (Wildman–Crippen LogP) is 3.33. The molecule has 2 aromatic rings. The lowest BCUT2D eigenvalue weighted by Gasteiger charge is -2.12. The van der Waals surface area contributed by atoms with Crippen LogP contribution in [0.1, 0.15) is 6.92 Å². The molecular formula is C15H14FNO4. The Bertz CT molecular complexity index is 675. The molecule has 2 aromatic carbocycles. The average Bonchev–Trinajstić information content (AvgIpc) is 2.92. The van der Waals surface area contributed by atoms with Crippen molar-refractivity contribution in [3.63, 3.8) is 0 Å². The Balaban J connectivity index is 1.88.